The van der Waals surface area contributed by atoms with Gasteiger partial charge in [0.25, 0.3) is 0 Å². The summed E-state index contributed by atoms with van der Waals surface area (Å²) in [5, 5.41) is 9.41. The minimum atomic E-state index is -0.839. The van der Waals surface area contributed by atoms with Gasteiger partial charge >= 0.3 is 0 Å². The molecule has 1 aliphatic heterocycles. The van der Waals surface area contributed by atoms with E-state index in [1.807, 2.05) is 4.90 Å². The van der Waals surface area contributed by atoms with E-state index in [0.717, 1.165) is 26.1 Å². The third-order valence-corrected chi connectivity index (χ3v) is 10.7. The number of carbonyl (C=O) groups is 1. The van der Waals surface area contributed by atoms with E-state index >= 15 is 0 Å². The maximum Gasteiger partial charge on any atom is 0.241 e. The van der Waals surface area contributed by atoms with Gasteiger partial charge in [-0.25, -0.2) is 0 Å². The number of aliphatic hydroxyl groups is 1. The van der Waals surface area contributed by atoms with Gasteiger partial charge in [-0.15, -0.1) is 0 Å². The molecule has 3 N–H and O–H groups in total. The third-order valence-electron chi connectivity index (χ3n) is 10.7. The van der Waals surface area contributed by atoms with Gasteiger partial charge in [0.05, 0.1) is 19.8 Å². The van der Waals surface area contributed by atoms with Gasteiger partial charge in [0, 0.05) is 38.1 Å². The largest absolute Gasteiger partial charge is 0.394 e. The zero-order valence-corrected chi connectivity index (χ0v) is 34.0. The molecule has 1 fully saturated rings. The van der Waals surface area contributed by atoms with Gasteiger partial charge in [-0.1, -0.05) is 154 Å². The fourth-order valence-electron chi connectivity index (χ4n) is 7.18. The van der Waals surface area contributed by atoms with E-state index in [-0.39, 0.29) is 24.3 Å². The zero-order chi connectivity index (χ0) is 36.9. The minimum Gasteiger partial charge on any atom is -0.394 e. The number of ether oxygens (including phenoxy) is 2. The van der Waals surface area contributed by atoms with E-state index in [2.05, 4.69) is 38.2 Å². The Morgan fingerprint density at radius 2 is 0.882 bits per heavy atom. The van der Waals surface area contributed by atoms with Crippen molar-refractivity contribution >= 4 is 5.91 Å². The standard InChI is InChI=1S/C45H86N2O4/c1-3-5-7-9-11-13-15-17-19-21-23-25-27-29-31-33-35-50-40-42-37-47(45(49)44(46)39-48)38-43(42)41-51-36-34-32-30-28-26-24-22-20-18-16-14-12-10-8-6-4-2/h17-20,42-44,48H,3-16,21-41,46H2,1-2H3/t42-,43?,44-/m0/s1. The fraction of sp³-hybridized carbons (Fsp3) is 0.889. The van der Waals surface area contributed by atoms with Crippen molar-refractivity contribution in [3.63, 3.8) is 0 Å². The first-order valence-electron chi connectivity index (χ1n) is 22.2. The summed E-state index contributed by atoms with van der Waals surface area (Å²) in [4.78, 5) is 14.5. The summed E-state index contributed by atoms with van der Waals surface area (Å²) in [6, 6.07) is -0.839. The molecule has 6 heteroatoms. The number of rotatable bonds is 38. The molecule has 3 atom stereocenters. The summed E-state index contributed by atoms with van der Waals surface area (Å²) in [6.07, 6.45) is 46.2. The van der Waals surface area contributed by atoms with E-state index in [0.29, 0.717) is 26.3 Å². The molecule has 6 nitrogen and oxygen atoms in total. The number of likely N-dealkylation sites (tertiary alicyclic amines) is 1. The summed E-state index contributed by atoms with van der Waals surface area (Å²) in [5.41, 5.74) is 5.87. The lowest BCUT2D eigenvalue weighted by Gasteiger charge is -2.19. The zero-order valence-electron chi connectivity index (χ0n) is 34.0. The van der Waals surface area contributed by atoms with Crippen LogP contribution in [0.4, 0.5) is 0 Å². The summed E-state index contributed by atoms with van der Waals surface area (Å²) in [7, 11) is 0. The number of nitrogens with zero attached hydrogens (tertiary/aromatic N) is 1. The average molecular weight is 719 g/mol. The highest BCUT2D eigenvalue weighted by Crippen LogP contribution is 2.25. The monoisotopic (exact) mass is 719 g/mol. The number of amides is 1. The number of allylic oxidation sites excluding steroid dienone is 4. The minimum absolute atomic E-state index is 0.161. The molecule has 1 rings (SSSR count). The Bertz CT molecular complexity index is 749. The quantitative estimate of drug-likeness (QED) is 0.0490. The van der Waals surface area contributed by atoms with E-state index in [1.54, 1.807) is 0 Å². The summed E-state index contributed by atoms with van der Waals surface area (Å²) < 4.78 is 12.3. The Balaban J connectivity index is 2.09. The van der Waals surface area contributed by atoms with Crippen LogP contribution >= 0.6 is 0 Å². The molecular weight excluding hydrogens is 633 g/mol. The Kier molecular flexibility index (Phi) is 34.8. The molecule has 1 aliphatic rings. The molecule has 0 bridgehead atoms. The number of aliphatic hydroxyl groups excluding tert-OH is 1. The van der Waals surface area contributed by atoms with Crippen LogP contribution in [0.15, 0.2) is 24.3 Å². The van der Waals surface area contributed by atoms with Crippen LogP contribution in [0, 0.1) is 11.8 Å². The molecule has 0 radical (unpaired) electrons. The van der Waals surface area contributed by atoms with Gasteiger partial charge in [0.2, 0.25) is 5.91 Å². The molecule has 0 spiro atoms. The van der Waals surface area contributed by atoms with Crippen molar-refractivity contribution < 1.29 is 19.4 Å². The molecule has 0 aromatic heterocycles. The Hall–Kier alpha value is -1.21. The Morgan fingerprint density at radius 1 is 0.569 bits per heavy atom. The van der Waals surface area contributed by atoms with Crippen molar-refractivity contribution in [2.45, 2.75) is 200 Å². The molecule has 1 saturated heterocycles. The molecule has 0 aliphatic carbocycles. The predicted molar refractivity (Wildman–Crippen MR) is 219 cm³/mol. The van der Waals surface area contributed by atoms with Gasteiger partial charge in [0.1, 0.15) is 6.04 Å². The van der Waals surface area contributed by atoms with Crippen molar-refractivity contribution in [1.29, 1.82) is 0 Å². The highest BCUT2D eigenvalue weighted by molar-refractivity contribution is 5.82. The molecule has 1 unspecified atom stereocenters. The van der Waals surface area contributed by atoms with Crippen molar-refractivity contribution in [2.24, 2.45) is 17.6 Å². The second kappa shape index (κ2) is 37.1. The highest BCUT2D eigenvalue weighted by atomic mass is 16.5. The highest BCUT2D eigenvalue weighted by Gasteiger charge is 2.36. The number of unbranched alkanes of at least 4 members (excludes halogenated alkanes) is 24. The van der Waals surface area contributed by atoms with E-state index in [4.69, 9.17) is 15.2 Å². The van der Waals surface area contributed by atoms with Gasteiger partial charge in [-0.3, -0.25) is 4.79 Å². The maximum atomic E-state index is 12.7. The smallest absolute Gasteiger partial charge is 0.241 e. The second-order valence-electron chi connectivity index (χ2n) is 15.6. The normalized spacial score (nSPS) is 17.1. The van der Waals surface area contributed by atoms with Crippen LogP contribution in [0.5, 0.6) is 0 Å². The predicted octanol–water partition coefficient (Wildman–Crippen LogP) is 11.5. The lowest BCUT2D eigenvalue weighted by Crippen LogP contribution is -2.45. The lowest BCUT2D eigenvalue weighted by molar-refractivity contribution is -0.132. The van der Waals surface area contributed by atoms with Crippen LogP contribution in [0.3, 0.4) is 0 Å². The van der Waals surface area contributed by atoms with Crippen LogP contribution in [0.2, 0.25) is 0 Å². The number of hydrogen-bond donors (Lipinski definition) is 2. The van der Waals surface area contributed by atoms with Crippen LogP contribution < -0.4 is 5.73 Å². The van der Waals surface area contributed by atoms with Gasteiger partial charge in [-0.2, -0.15) is 0 Å². The molecule has 0 aromatic carbocycles. The first-order chi connectivity index (χ1) is 25.1. The molecule has 51 heavy (non-hydrogen) atoms. The van der Waals surface area contributed by atoms with E-state index in [1.165, 1.54) is 167 Å². The molecule has 0 aromatic rings. The van der Waals surface area contributed by atoms with Gasteiger partial charge in [0.15, 0.2) is 0 Å². The fourth-order valence-corrected chi connectivity index (χ4v) is 7.18. The van der Waals surface area contributed by atoms with Gasteiger partial charge < -0.3 is 25.2 Å². The van der Waals surface area contributed by atoms with Crippen LogP contribution in [0.1, 0.15) is 194 Å². The van der Waals surface area contributed by atoms with E-state index in [9.17, 15) is 9.90 Å². The molecule has 0 saturated carbocycles. The summed E-state index contributed by atoms with van der Waals surface area (Å²) in [6.45, 7) is 8.40. The van der Waals surface area contributed by atoms with Crippen molar-refractivity contribution in [3.8, 4) is 0 Å². The van der Waals surface area contributed by atoms with Crippen LogP contribution in [-0.4, -0.2) is 68.1 Å². The first-order valence-corrected chi connectivity index (χ1v) is 22.2. The van der Waals surface area contributed by atoms with Crippen LogP contribution in [0.25, 0.3) is 0 Å². The summed E-state index contributed by atoms with van der Waals surface area (Å²) >= 11 is 0. The van der Waals surface area contributed by atoms with Crippen LogP contribution in [-0.2, 0) is 14.3 Å². The van der Waals surface area contributed by atoms with Gasteiger partial charge in [-0.05, 0) is 64.2 Å². The number of nitrogens with two attached hydrogens (primary N) is 1. The van der Waals surface area contributed by atoms with E-state index < -0.39 is 6.04 Å². The second-order valence-corrected chi connectivity index (χ2v) is 15.6. The average Bonchev–Trinajstić information content (AvgIpc) is 3.55. The molecular formula is C45H86N2O4. The number of carbonyl (C=O) groups excluding carboxylic acids is 1. The first kappa shape index (κ1) is 47.8. The maximum absolute atomic E-state index is 12.7. The topological polar surface area (TPSA) is 85.0 Å². The molecule has 1 amide bonds. The van der Waals surface area contributed by atoms with Crippen molar-refractivity contribution in [3.05, 3.63) is 24.3 Å². The summed E-state index contributed by atoms with van der Waals surface area (Å²) in [5.74, 6) is 0.356. The Labute approximate surface area is 317 Å². The molecule has 1 heterocycles. The Morgan fingerprint density at radius 3 is 1.22 bits per heavy atom. The SMILES string of the molecule is CCCCCCCCC=CCCCCCCCCOCC1CN(C(=O)[C@@H](N)CO)C[C@H]1COCCCCCCCCC=CCCCCCCCC. The molecule has 300 valence electrons. The number of hydrogen-bond acceptors (Lipinski definition) is 5. The lowest BCUT2D eigenvalue weighted by atomic mass is 9.98. The van der Waals surface area contributed by atoms with Crippen molar-refractivity contribution in [2.75, 3.05) is 46.1 Å². The van der Waals surface area contributed by atoms with Crippen molar-refractivity contribution in [1.82, 2.24) is 4.90 Å². The third kappa shape index (κ3) is 28.9.